The Labute approximate surface area is 174 Å². The number of hydrogen-bond acceptors (Lipinski definition) is 4. The van der Waals surface area contributed by atoms with Crippen molar-refractivity contribution in [1.82, 2.24) is 14.8 Å². The number of hydrogen-bond donors (Lipinski definition) is 3. The van der Waals surface area contributed by atoms with Crippen LogP contribution >= 0.6 is 11.6 Å². The van der Waals surface area contributed by atoms with Crippen LogP contribution in [-0.2, 0) is 13.2 Å². The molecule has 0 spiro atoms. The topological polar surface area (TPSA) is 98.4 Å². The molecule has 1 aromatic heterocycles. The summed E-state index contributed by atoms with van der Waals surface area (Å²) in [6.07, 6.45) is 0. The van der Waals surface area contributed by atoms with E-state index < -0.39 is 5.91 Å². The summed E-state index contributed by atoms with van der Waals surface area (Å²) in [5, 5.41) is 8.58. The molecule has 0 bridgehead atoms. The van der Waals surface area contributed by atoms with E-state index in [1.54, 1.807) is 18.2 Å². The van der Waals surface area contributed by atoms with Gasteiger partial charge < -0.3 is 20.4 Å². The Kier molecular flexibility index (Phi) is 6.10. The number of rotatable bonds is 6. The lowest BCUT2D eigenvalue weighted by Gasteiger charge is -2.15. The maximum Gasteiger partial charge on any atom is 0.276 e. The largest absolute Gasteiger partial charge is 0.489 e. The molecule has 152 valence electrons. The van der Waals surface area contributed by atoms with Crippen LogP contribution in [0.3, 0.4) is 0 Å². The summed E-state index contributed by atoms with van der Waals surface area (Å²) < 4.78 is 5.99. The average Bonchev–Trinajstić information content (AvgIpc) is 3.10. The maximum absolute atomic E-state index is 12.4. The van der Waals surface area contributed by atoms with Gasteiger partial charge in [-0.2, -0.15) is 0 Å². The van der Waals surface area contributed by atoms with Crippen molar-refractivity contribution in [1.29, 1.82) is 5.41 Å². The second-order valence-corrected chi connectivity index (χ2v) is 7.50. The second-order valence-electron chi connectivity index (χ2n) is 7.09. The number of nitrogens with zero attached hydrogens (tertiary/aromatic N) is 2. The minimum absolute atomic E-state index is 0.299. The monoisotopic (exact) mass is 413 g/mol. The number of nitrogens with two attached hydrogens (primary N) is 1. The lowest BCUT2D eigenvalue weighted by Crippen LogP contribution is -2.38. The minimum atomic E-state index is -0.412. The summed E-state index contributed by atoms with van der Waals surface area (Å²) >= 11 is 6.41. The summed E-state index contributed by atoms with van der Waals surface area (Å²) in [7, 11) is 5.50. The van der Waals surface area contributed by atoms with Gasteiger partial charge in [-0.3, -0.25) is 15.1 Å². The highest BCUT2D eigenvalue weighted by molar-refractivity contribution is 6.35. The van der Waals surface area contributed by atoms with Crippen molar-refractivity contribution in [2.75, 3.05) is 21.1 Å². The van der Waals surface area contributed by atoms with Crippen LogP contribution in [0.2, 0.25) is 5.02 Å². The van der Waals surface area contributed by atoms with Crippen LogP contribution in [0.25, 0.3) is 10.9 Å². The highest BCUT2D eigenvalue weighted by Gasteiger charge is 2.18. The van der Waals surface area contributed by atoms with Crippen LogP contribution in [-0.4, -0.2) is 47.8 Å². The first kappa shape index (κ1) is 20.7. The summed E-state index contributed by atoms with van der Waals surface area (Å²) in [4.78, 5) is 18.6. The summed E-state index contributed by atoms with van der Waals surface area (Å²) in [6, 6.07) is 13.3. The van der Waals surface area contributed by atoms with Crippen molar-refractivity contribution in [3.8, 4) is 5.75 Å². The zero-order valence-corrected chi connectivity index (χ0v) is 17.4. The standard InChI is InChI=1S/C21H24ClN5O2/c1-26(2)11-13-6-4-5-7-14(13)12-29-15-8-17(22)16-10-19(25-18(16)9-15)20(28)27(3)21(23)24/h4-10,25H,11-12H2,1-3H3,(H3,23,24). The Hall–Kier alpha value is -3.03. The zero-order chi connectivity index (χ0) is 21.1. The Morgan fingerprint density at radius 3 is 2.52 bits per heavy atom. The van der Waals surface area contributed by atoms with Crippen LogP contribution in [0.1, 0.15) is 21.6 Å². The summed E-state index contributed by atoms with van der Waals surface area (Å²) in [5.74, 6) is -0.145. The lowest BCUT2D eigenvalue weighted by molar-refractivity contribution is 0.0864. The molecule has 29 heavy (non-hydrogen) atoms. The molecule has 0 atom stereocenters. The highest BCUT2D eigenvalue weighted by Crippen LogP contribution is 2.30. The normalized spacial score (nSPS) is 11.1. The number of carbonyl (C=O) groups is 1. The SMILES string of the molecule is CN(C)Cc1ccccc1COc1cc(Cl)c2cc(C(=O)N(C)C(=N)N)[nH]c2c1. The fourth-order valence-corrected chi connectivity index (χ4v) is 3.28. The van der Waals surface area contributed by atoms with Crippen molar-refractivity contribution in [2.24, 2.45) is 5.73 Å². The van der Waals surface area contributed by atoms with Gasteiger partial charge in [0.15, 0.2) is 5.96 Å². The maximum atomic E-state index is 12.4. The molecule has 0 radical (unpaired) electrons. The Balaban J connectivity index is 1.83. The third kappa shape index (κ3) is 4.70. The molecular formula is C21H24ClN5O2. The third-order valence-corrected chi connectivity index (χ3v) is 4.87. The average molecular weight is 414 g/mol. The van der Waals surface area contributed by atoms with Crippen LogP contribution in [0, 0.1) is 5.41 Å². The Morgan fingerprint density at radius 2 is 1.86 bits per heavy atom. The number of H-pyrrole nitrogens is 1. The number of fused-ring (bicyclic) bond motifs is 1. The molecule has 3 rings (SSSR count). The van der Waals surface area contributed by atoms with Crippen molar-refractivity contribution in [3.63, 3.8) is 0 Å². The van der Waals surface area contributed by atoms with Crippen LogP contribution in [0.5, 0.6) is 5.75 Å². The van der Waals surface area contributed by atoms with Crippen molar-refractivity contribution >= 4 is 34.4 Å². The number of aromatic nitrogens is 1. The van der Waals surface area contributed by atoms with Gasteiger partial charge in [0.1, 0.15) is 18.1 Å². The number of aromatic amines is 1. The predicted octanol–water partition coefficient (Wildman–Crippen LogP) is 3.43. The smallest absolute Gasteiger partial charge is 0.276 e. The van der Waals surface area contributed by atoms with Gasteiger partial charge in [-0.1, -0.05) is 35.9 Å². The highest BCUT2D eigenvalue weighted by atomic mass is 35.5. The summed E-state index contributed by atoms with van der Waals surface area (Å²) in [5.41, 5.74) is 8.66. The summed E-state index contributed by atoms with van der Waals surface area (Å²) in [6.45, 7) is 1.23. The third-order valence-electron chi connectivity index (χ3n) is 4.56. The van der Waals surface area contributed by atoms with Crippen LogP contribution < -0.4 is 10.5 Å². The first-order valence-electron chi connectivity index (χ1n) is 9.05. The molecular weight excluding hydrogens is 390 g/mol. The molecule has 0 aliphatic carbocycles. The predicted molar refractivity (Wildman–Crippen MR) is 115 cm³/mol. The first-order valence-corrected chi connectivity index (χ1v) is 9.42. The van der Waals surface area contributed by atoms with Gasteiger partial charge in [-0.15, -0.1) is 0 Å². The minimum Gasteiger partial charge on any atom is -0.489 e. The van der Waals surface area contributed by atoms with E-state index in [-0.39, 0.29) is 5.96 Å². The number of amides is 1. The Bertz CT molecular complexity index is 1060. The van der Waals surface area contributed by atoms with Crippen molar-refractivity contribution < 1.29 is 9.53 Å². The van der Waals surface area contributed by atoms with E-state index >= 15 is 0 Å². The molecule has 0 saturated heterocycles. The number of carbonyl (C=O) groups excluding carboxylic acids is 1. The molecule has 1 amide bonds. The quantitative estimate of drug-likeness (QED) is 0.426. The van der Waals surface area contributed by atoms with Gasteiger partial charge in [0.25, 0.3) is 5.91 Å². The van der Waals surface area contributed by atoms with E-state index in [0.29, 0.717) is 34.0 Å². The molecule has 0 aliphatic heterocycles. The zero-order valence-electron chi connectivity index (χ0n) is 16.6. The van der Waals surface area contributed by atoms with Crippen molar-refractivity contribution in [2.45, 2.75) is 13.2 Å². The van der Waals surface area contributed by atoms with E-state index in [1.165, 1.54) is 12.6 Å². The van der Waals surface area contributed by atoms with E-state index in [9.17, 15) is 4.79 Å². The fraction of sp³-hybridized carbons (Fsp3) is 0.238. The van der Waals surface area contributed by atoms with Gasteiger partial charge >= 0.3 is 0 Å². The van der Waals surface area contributed by atoms with E-state index in [4.69, 9.17) is 27.5 Å². The van der Waals surface area contributed by atoms with Gasteiger partial charge in [-0.25, -0.2) is 0 Å². The Morgan fingerprint density at radius 1 is 1.17 bits per heavy atom. The van der Waals surface area contributed by atoms with Gasteiger partial charge in [-0.05, 0) is 37.4 Å². The molecule has 8 heteroatoms. The van der Waals surface area contributed by atoms with Gasteiger partial charge in [0.2, 0.25) is 0 Å². The van der Waals surface area contributed by atoms with E-state index in [2.05, 4.69) is 16.0 Å². The van der Waals surface area contributed by atoms with Crippen LogP contribution in [0.4, 0.5) is 0 Å². The number of nitrogens with one attached hydrogen (secondary N) is 2. The lowest BCUT2D eigenvalue weighted by atomic mass is 10.1. The molecule has 0 saturated carbocycles. The van der Waals surface area contributed by atoms with E-state index in [0.717, 1.165) is 17.0 Å². The fourth-order valence-electron chi connectivity index (χ4n) is 3.01. The molecule has 4 N–H and O–H groups in total. The molecule has 0 unspecified atom stereocenters. The number of guanidine groups is 1. The van der Waals surface area contributed by atoms with Crippen LogP contribution in [0.15, 0.2) is 42.5 Å². The molecule has 1 heterocycles. The molecule has 0 aliphatic rings. The molecule has 3 aromatic rings. The second kappa shape index (κ2) is 8.55. The number of halogens is 1. The number of benzene rings is 2. The molecule has 7 nitrogen and oxygen atoms in total. The molecule has 0 fully saturated rings. The first-order chi connectivity index (χ1) is 13.8. The molecule has 2 aromatic carbocycles. The van der Waals surface area contributed by atoms with E-state index in [1.807, 2.05) is 32.3 Å². The van der Waals surface area contributed by atoms with Crippen molar-refractivity contribution in [3.05, 3.63) is 64.3 Å². The number of ether oxygens (including phenoxy) is 1. The van der Waals surface area contributed by atoms with Gasteiger partial charge in [0.05, 0.1) is 10.5 Å². The van der Waals surface area contributed by atoms with Gasteiger partial charge in [0, 0.05) is 25.0 Å².